The van der Waals surface area contributed by atoms with E-state index in [1.807, 2.05) is 12.1 Å². The molecule has 3 aromatic rings. The first-order chi connectivity index (χ1) is 13.2. The lowest BCUT2D eigenvalue weighted by molar-refractivity contribution is 0.342. The third kappa shape index (κ3) is 4.51. The number of nitrogens with one attached hydrogen (secondary N) is 2. The standard InChI is InChI=1S/C23H28N2O2/c1-16-4-6-17(7-5-16)3-2-14-24-20-11-8-18(9-12-20)19-10-13-21-22(15-19)27-23(26)25-21/h4-7,10,13,15,18,20,24H,2-3,8-9,11-12,14H2,1H3,(H,25,26). The molecule has 2 aromatic carbocycles. The summed E-state index contributed by atoms with van der Waals surface area (Å²) in [5.74, 6) is 0.195. The molecule has 142 valence electrons. The maximum absolute atomic E-state index is 11.3. The number of H-pyrrole nitrogens is 1. The van der Waals surface area contributed by atoms with E-state index in [0.29, 0.717) is 17.5 Å². The lowest BCUT2D eigenvalue weighted by Gasteiger charge is -2.29. The molecule has 27 heavy (non-hydrogen) atoms. The first-order valence-corrected chi connectivity index (χ1v) is 10.1. The summed E-state index contributed by atoms with van der Waals surface area (Å²) in [4.78, 5) is 14.0. The van der Waals surface area contributed by atoms with Crippen LogP contribution in [-0.4, -0.2) is 17.6 Å². The maximum Gasteiger partial charge on any atom is 0.417 e. The lowest BCUT2D eigenvalue weighted by atomic mass is 9.81. The predicted molar refractivity (Wildman–Crippen MR) is 109 cm³/mol. The number of hydrogen-bond acceptors (Lipinski definition) is 3. The number of aromatic amines is 1. The van der Waals surface area contributed by atoms with E-state index in [-0.39, 0.29) is 5.76 Å². The summed E-state index contributed by atoms with van der Waals surface area (Å²) in [5.41, 5.74) is 5.51. The van der Waals surface area contributed by atoms with Crippen LogP contribution in [0.25, 0.3) is 11.1 Å². The SMILES string of the molecule is Cc1ccc(CCCNC2CCC(c3ccc4[nH]c(=O)oc4c3)CC2)cc1. The number of oxazole rings is 1. The summed E-state index contributed by atoms with van der Waals surface area (Å²) in [6, 6.07) is 15.6. The molecule has 1 aromatic heterocycles. The molecule has 4 heteroatoms. The van der Waals surface area contributed by atoms with E-state index in [9.17, 15) is 4.79 Å². The summed E-state index contributed by atoms with van der Waals surface area (Å²) >= 11 is 0. The average Bonchev–Trinajstić information content (AvgIpc) is 3.06. The second-order valence-corrected chi connectivity index (χ2v) is 7.86. The van der Waals surface area contributed by atoms with Gasteiger partial charge in [-0.25, -0.2) is 4.79 Å². The van der Waals surface area contributed by atoms with Crippen LogP contribution in [0.2, 0.25) is 0 Å². The van der Waals surface area contributed by atoms with E-state index in [1.165, 1.54) is 48.8 Å². The second kappa shape index (κ2) is 8.13. The van der Waals surface area contributed by atoms with Gasteiger partial charge in [-0.2, -0.15) is 0 Å². The Morgan fingerprint density at radius 3 is 2.63 bits per heavy atom. The number of hydrogen-bond donors (Lipinski definition) is 2. The van der Waals surface area contributed by atoms with Crippen molar-refractivity contribution in [1.82, 2.24) is 10.3 Å². The molecule has 1 aliphatic carbocycles. The summed E-state index contributed by atoms with van der Waals surface area (Å²) < 4.78 is 5.21. The van der Waals surface area contributed by atoms with E-state index in [4.69, 9.17) is 4.42 Å². The minimum absolute atomic E-state index is 0.374. The van der Waals surface area contributed by atoms with Gasteiger partial charge in [-0.05, 0) is 81.2 Å². The van der Waals surface area contributed by atoms with Crippen LogP contribution in [0.4, 0.5) is 0 Å². The number of rotatable bonds is 6. The number of fused-ring (bicyclic) bond motifs is 1. The minimum Gasteiger partial charge on any atom is -0.408 e. The highest BCUT2D eigenvalue weighted by atomic mass is 16.4. The van der Waals surface area contributed by atoms with E-state index in [2.05, 4.69) is 47.6 Å². The highest BCUT2D eigenvalue weighted by Crippen LogP contribution is 2.33. The smallest absolute Gasteiger partial charge is 0.408 e. The summed E-state index contributed by atoms with van der Waals surface area (Å²) in [7, 11) is 0. The van der Waals surface area contributed by atoms with Gasteiger partial charge in [-0.1, -0.05) is 35.9 Å². The van der Waals surface area contributed by atoms with Crippen LogP contribution in [0.15, 0.2) is 51.7 Å². The third-order valence-electron chi connectivity index (χ3n) is 5.84. The molecule has 2 N–H and O–H groups in total. The largest absolute Gasteiger partial charge is 0.417 e. The molecule has 0 amide bonds. The van der Waals surface area contributed by atoms with Gasteiger partial charge in [-0.3, -0.25) is 4.98 Å². The molecule has 1 aliphatic rings. The molecule has 1 fully saturated rings. The van der Waals surface area contributed by atoms with Gasteiger partial charge in [0.2, 0.25) is 0 Å². The van der Waals surface area contributed by atoms with E-state index >= 15 is 0 Å². The zero-order valence-corrected chi connectivity index (χ0v) is 16.0. The molecule has 0 radical (unpaired) electrons. The van der Waals surface area contributed by atoms with Crippen molar-refractivity contribution in [1.29, 1.82) is 0 Å². The van der Waals surface area contributed by atoms with Crippen molar-refractivity contribution in [2.24, 2.45) is 0 Å². The first kappa shape index (κ1) is 18.1. The normalized spacial score (nSPS) is 20.2. The van der Waals surface area contributed by atoms with Crippen LogP contribution >= 0.6 is 0 Å². The Balaban J connectivity index is 1.22. The molecular formula is C23H28N2O2. The molecule has 0 unspecified atom stereocenters. The maximum atomic E-state index is 11.3. The van der Waals surface area contributed by atoms with Crippen LogP contribution in [0.5, 0.6) is 0 Å². The number of aromatic nitrogens is 1. The zero-order chi connectivity index (χ0) is 18.6. The van der Waals surface area contributed by atoms with Crippen molar-refractivity contribution in [3.05, 3.63) is 69.7 Å². The summed E-state index contributed by atoms with van der Waals surface area (Å²) in [6.07, 6.45) is 7.14. The predicted octanol–water partition coefficient (Wildman–Crippen LogP) is 4.68. The van der Waals surface area contributed by atoms with Gasteiger partial charge in [0.15, 0.2) is 5.58 Å². The van der Waals surface area contributed by atoms with E-state index in [1.54, 1.807) is 0 Å². The van der Waals surface area contributed by atoms with Gasteiger partial charge in [0.1, 0.15) is 0 Å². The van der Waals surface area contributed by atoms with Crippen molar-refractivity contribution >= 4 is 11.1 Å². The lowest BCUT2D eigenvalue weighted by Crippen LogP contribution is -2.33. The highest BCUT2D eigenvalue weighted by Gasteiger charge is 2.22. The van der Waals surface area contributed by atoms with Crippen molar-refractivity contribution in [2.45, 2.75) is 57.4 Å². The zero-order valence-electron chi connectivity index (χ0n) is 16.0. The number of aryl methyl sites for hydroxylation is 2. The molecule has 4 rings (SSSR count). The van der Waals surface area contributed by atoms with Crippen LogP contribution in [0.3, 0.4) is 0 Å². The monoisotopic (exact) mass is 364 g/mol. The Morgan fingerprint density at radius 1 is 1.07 bits per heavy atom. The summed E-state index contributed by atoms with van der Waals surface area (Å²) in [5, 5.41) is 3.74. The molecule has 0 saturated heterocycles. The molecule has 0 spiro atoms. The number of benzene rings is 2. The van der Waals surface area contributed by atoms with Crippen molar-refractivity contribution < 1.29 is 4.42 Å². The average molecular weight is 364 g/mol. The Kier molecular flexibility index (Phi) is 5.44. The molecular weight excluding hydrogens is 336 g/mol. The van der Waals surface area contributed by atoms with E-state index in [0.717, 1.165) is 18.5 Å². The second-order valence-electron chi connectivity index (χ2n) is 7.86. The van der Waals surface area contributed by atoms with Crippen LogP contribution in [-0.2, 0) is 6.42 Å². The van der Waals surface area contributed by atoms with Gasteiger partial charge in [0.05, 0.1) is 5.52 Å². The Morgan fingerprint density at radius 2 is 1.85 bits per heavy atom. The fourth-order valence-corrected chi connectivity index (χ4v) is 4.20. The molecule has 1 saturated carbocycles. The molecule has 4 nitrogen and oxygen atoms in total. The fraction of sp³-hybridized carbons (Fsp3) is 0.435. The Hall–Kier alpha value is -2.33. The molecule has 0 atom stereocenters. The van der Waals surface area contributed by atoms with Crippen LogP contribution in [0.1, 0.15) is 54.7 Å². The Bertz CT molecular complexity index is 931. The van der Waals surface area contributed by atoms with Gasteiger partial charge >= 0.3 is 5.76 Å². The quantitative estimate of drug-likeness (QED) is 0.625. The Labute approximate surface area is 160 Å². The van der Waals surface area contributed by atoms with Gasteiger partial charge in [-0.15, -0.1) is 0 Å². The van der Waals surface area contributed by atoms with Crippen molar-refractivity contribution in [3.63, 3.8) is 0 Å². The minimum atomic E-state index is -0.374. The van der Waals surface area contributed by atoms with E-state index < -0.39 is 0 Å². The molecule has 0 bridgehead atoms. The third-order valence-corrected chi connectivity index (χ3v) is 5.84. The van der Waals surface area contributed by atoms with Crippen LogP contribution in [0, 0.1) is 6.92 Å². The van der Waals surface area contributed by atoms with Crippen LogP contribution < -0.4 is 11.1 Å². The fourth-order valence-electron chi connectivity index (χ4n) is 4.20. The van der Waals surface area contributed by atoms with Crippen molar-refractivity contribution in [3.8, 4) is 0 Å². The van der Waals surface area contributed by atoms with Crippen molar-refractivity contribution in [2.75, 3.05) is 6.54 Å². The van der Waals surface area contributed by atoms with Gasteiger partial charge in [0, 0.05) is 6.04 Å². The molecule has 0 aliphatic heterocycles. The first-order valence-electron chi connectivity index (χ1n) is 10.1. The molecule has 1 heterocycles. The summed E-state index contributed by atoms with van der Waals surface area (Å²) in [6.45, 7) is 3.22. The highest BCUT2D eigenvalue weighted by molar-refractivity contribution is 5.72. The van der Waals surface area contributed by atoms with Gasteiger partial charge in [0.25, 0.3) is 0 Å². The van der Waals surface area contributed by atoms with Gasteiger partial charge < -0.3 is 9.73 Å². The topological polar surface area (TPSA) is 58.0 Å².